The Balaban J connectivity index is 0.00000194. The van der Waals surface area contributed by atoms with E-state index in [-0.39, 0.29) is 48.0 Å². The summed E-state index contributed by atoms with van der Waals surface area (Å²) in [6, 6.07) is 8.20. The maximum atomic E-state index is 13.8. The molecule has 4 aliphatic carbocycles. The number of carbonyl (C=O) groups excluding carboxylic acids is 2. The number of ether oxygens (including phenoxy) is 1. The number of hydrogen-bond donors (Lipinski definition) is 2. The molecule has 1 saturated heterocycles. The Bertz CT molecular complexity index is 1170. The van der Waals surface area contributed by atoms with Gasteiger partial charge in [0.2, 0.25) is 11.6 Å². The highest BCUT2D eigenvalue weighted by atomic mass is 35.5. The highest BCUT2D eigenvalue weighted by molar-refractivity contribution is 5.97. The van der Waals surface area contributed by atoms with E-state index in [1.165, 1.54) is 11.8 Å². The van der Waals surface area contributed by atoms with E-state index in [1.807, 2.05) is 12.1 Å². The molecule has 0 bridgehead atoms. The van der Waals surface area contributed by atoms with Crippen LogP contribution in [0.2, 0.25) is 0 Å². The van der Waals surface area contributed by atoms with E-state index < -0.39 is 11.6 Å². The number of carbonyl (C=O) groups is 2. The van der Waals surface area contributed by atoms with Crippen molar-refractivity contribution in [2.24, 2.45) is 34.5 Å². The Labute approximate surface area is 256 Å². The molecule has 3 saturated carbocycles. The van der Waals surface area contributed by atoms with Crippen molar-refractivity contribution in [3.8, 4) is 5.75 Å². The summed E-state index contributed by atoms with van der Waals surface area (Å²) in [4.78, 5) is 30.8. The average molecular weight is 610 g/mol. The van der Waals surface area contributed by atoms with Crippen molar-refractivity contribution in [3.63, 3.8) is 0 Å². The quantitative estimate of drug-likeness (QED) is 0.469. The van der Waals surface area contributed by atoms with Crippen molar-refractivity contribution in [2.45, 2.75) is 64.6 Å². The van der Waals surface area contributed by atoms with Crippen LogP contribution in [0, 0.1) is 34.5 Å². The third kappa shape index (κ3) is 5.46. The largest absolute Gasteiger partial charge is 0.497 e. The van der Waals surface area contributed by atoms with E-state index in [1.54, 1.807) is 7.11 Å². The van der Waals surface area contributed by atoms with E-state index >= 15 is 0 Å². The Morgan fingerprint density at radius 3 is 2.32 bits per heavy atom. The third-order valence-electron chi connectivity index (χ3n) is 11.6. The van der Waals surface area contributed by atoms with Crippen LogP contribution in [0.1, 0.15) is 58.8 Å². The van der Waals surface area contributed by atoms with Gasteiger partial charge < -0.3 is 19.8 Å². The minimum absolute atomic E-state index is 0. The van der Waals surface area contributed by atoms with Gasteiger partial charge in [0.1, 0.15) is 11.5 Å². The first-order chi connectivity index (χ1) is 18.5. The van der Waals surface area contributed by atoms with E-state index in [0.29, 0.717) is 30.1 Å². The zero-order chi connectivity index (χ0) is 27.6. The van der Waals surface area contributed by atoms with Crippen LogP contribution >= 0.6 is 24.8 Å². The summed E-state index contributed by atoms with van der Waals surface area (Å²) >= 11 is 0. The normalized spacial score (nSPS) is 36.1. The minimum Gasteiger partial charge on any atom is -0.497 e. The van der Waals surface area contributed by atoms with Crippen LogP contribution < -0.4 is 9.64 Å². The Kier molecular flexibility index (Phi) is 9.29. The van der Waals surface area contributed by atoms with Gasteiger partial charge in [0.15, 0.2) is 0 Å². The van der Waals surface area contributed by atoms with Crippen LogP contribution in [0.5, 0.6) is 5.75 Å². The number of piperazine rings is 1. The molecule has 2 N–H and O–H groups in total. The molecule has 5 aliphatic rings. The predicted octanol–water partition coefficient (Wildman–Crippen LogP) is 4.67. The zero-order valence-electron chi connectivity index (χ0n) is 24.5. The van der Waals surface area contributed by atoms with Gasteiger partial charge in [0.25, 0.3) is 0 Å². The van der Waals surface area contributed by atoms with Crippen LogP contribution in [0.15, 0.2) is 35.9 Å². The molecule has 1 aromatic rings. The highest BCUT2D eigenvalue weighted by Gasteiger charge is 2.62. The van der Waals surface area contributed by atoms with Crippen molar-refractivity contribution >= 4 is 42.1 Å². The molecule has 0 radical (unpaired) electrons. The van der Waals surface area contributed by atoms with Crippen molar-refractivity contribution < 1.29 is 24.5 Å². The van der Waals surface area contributed by atoms with Gasteiger partial charge in [-0.15, -0.1) is 24.8 Å². The molecule has 1 aromatic carbocycles. The monoisotopic (exact) mass is 608 g/mol. The molecule has 0 unspecified atom stereocenters. The number of fused-ring (bicyclic) bond motifs is 5. The first kappa shape index (κ1) is 32.3. The van der Waals surface area contributed by atoms with Gasteiger partial charge in [-0.3, -0.25) is 14.5 Å². The maximum Gasteiger partial charge on any atom is 0.228 e. The van der Waals surface area contributed by atoms with Crippen LogP contribution in [-0.4, -0.2) is 72.3 Å². The second kappa shape index (κ2) is 11.8. The molecule has 0 spiro atoms. The molecule has 0 amide bonds. The number of halogens is 2. The second-order valence-electron chi connectivity index (χ2n) is 13.5. The Morgan fingerprint density at radius 2 is 1.66 bits per heavy atom. The zero-order valence-corrected chi connectivity index (χ0v) is 26.1. The summed E-state index contributed by atoms with van der Waals surface area (Å²) in [5.41, 5.74) is 1.97. The summed E-state index contributed by atoms with van der Waals surface area (Å²) in [7, 11) is 1.68. The SMILES string of the molecule is COc1ccc(N2CCN(CC(=O)[C@H]3CC[C@H]4[C@@H]5CCC6=CC(=O)C(O)(O)C[C@]6(C)[C@H]5CC[C@]34C)CC2)cc1.Cl.Cl. The molecule has 41 heavy (non-hydrogen) atoms. The Morgan fingerprint density at radius 1 is 0.976 bits per heavy atom. The molecular formula is C32H46Cl2N2O5. The highest BCUT2D eigenvalue weighted by Crippen LogP contribution is 2.67. The molecule has 0 aromatic heterocycles. The number of methoxy groups -OCH3 is 1. The summed E-state index contributed by atoms with van der Waals surface area (Å²) in [5, 5.41) is 20.9. The molecule has 1 heterocycles. The Hall–Kier alpha value is -1.64. The fourth-order valence-electron chi connectivity index (χ4n) is 9.50. The van der Waals surface area contributed by atoms with E-state index in [0.717, 1.165) is 76.0 Å². The lowest BCUT2D eigenvalue weighted by atomic mass is 9.46. The van der Waals surface area contributed by atoms with Gasteiger partial charge in [-0.05, 0) is 97.5 Å². The van der Waals surface area contributed by atoms with E-state index in [4.69, 9.17) is 4.74 Å². The minimum atomic E-state index is -2.26. The average Bonchev–Trinajstić information content (AvgIpc) is 3.27. The van der Waals surface area contributed by atoms with Crippen molar-refractivity contribution in [1.82, 2.24) is 4.90 Å². The number of nitrogens with zero attached hydrogens (tertiary/aromatic N) is 2. The molecule has 4 fully saturated rings. The first-order valence-corrected chi connectivity index (χ1v) is 14.9. The lowest BCUT2D eigenvalue weighted by Crippen LogP contribution is -2.56. The molecule has 6 rings (SSSR count). The van der Waals surface area contributed by atoms with Crippen LogP contribution in [0.25, 0.3) is 0 Å². The molecule has 7 nitrogen and oxygen atoms in total. The number of anilines is 1. The van der Waals surface area contributed by atoms with Gasteiger partial charge >= 0.3 is 0 Å². The molecular weight excluding hydrogens is 563 g/mol. The molecule has 9 heteroatoms. The van der Waals surface area contributed by atoms with E-state index in [9.17, 15) is 19.8 Å². The number of Topliss-reactive ketones (excluding diaryl/α,β-unsaturated/α-hetero) is 1. The molecule has 6 atom stereocenters. The summed E-state index contributed by atoms with van der Waals surface area (Å²) in [6.45, 7) is 8.68. The van der Waals surface area contributed by atoms with Gasteiger partial charge in [-0.1, -0.05) is 19.4 Å². The van der Waals surface area contributed by atoms with Crippen molar-refractivity contribution in [2.75, 3.05) is 44.7 Å². The summed E-state index contributed by atoms with van der Waals surface area (Å²) < 4.78 is 5.28. The lowest BCUT2D eigenvalue weighted by molar-refractivity contribution is -0.199. The fourth-order valence-corrected chi connectivity index (χ4v) is 9.50. The topological polar surface area (TPSA) is 90.3 Å². The number of hydrogen-bond acceptors (Lipinski definition) is 7. The standard InChI is InChI=1S/C32H44N2O5.2ClH/c1-30-13-12-26-24(9-4-21-18-29(36)32(37,38)20-31(21,26)2)25(30)10-11-27(30)28(35)19-33-14-16-34(17-15-33)22-5-7-23(39-3)8-6-22;;/h5-8,18,24-27,37-38H,4,9-17,19-20H2,1-3H3;2*1H/t24-,25-,26-,27+,30-,31-;;/m0../s1. The lowest BCUT2D eigenvalue weighted by Gasteiger charge is -2.58. The number of aliphatic hydroxyl groups is 2. The summed E-state index contributed by atoms with van der Waals surface area (Å²) in [5.74, 6) is -0.147. The van der Waals surface area contributed by atoms with E-state index in [2.05, 4.69) is 35.8 Å². The smallest absolute Gasteiger partial charge is 0.228 e. The predicted molar refractivity (Wildman–Crippen MR) is 164 cm³/mol. The van der Waals surface area contributed by atoms with Crippen LogP contribution in [0.3, 0.4) is 0 Å². The van der Waals surface area contributed by atoms with Gasteiger partial charge in [0, 0.05) is 44.2 Å². The van der Waals surface area contributed by atoms with Crippen LogP contribution in [0.4, 0.5) is 5.69 Å². The number of ketones is 2. The third-order valence-corrected chi connectivity index (χ3v) is 11.6. The summed E-state index contributed by atoms with van der Waals surface area (Å²) in [6.07, 6.45) is 7.55. The van der Waals surface area contributed by atoms with Gasteiger partial charge in [-0.2, -0.15) is 0 Å². The number of benzene rings is 1. The maximum absolute atomic E-state index is 13.8. The van der Waals surface area contributed by atoms with Crippen molar-refractivity contribution in [1.29, 1.82) is 0 Å². The van der Waals surface area contributed by atoms with Crippen LogP contribution in [-0.2, 0) is 9.59 Å². The first-order valence-electron chi connectivity index (χ1n) is 14.9. The van der Waals surface area contributed by atoms with Gasteiger partial charge in [0.05, 0.1) is 13.7 Å². The van der Waals surface area contributed by atoms with Crippen molar-refractivity contribution in [3.05, 3.63) is 35.9 Å². The molecule has 1 aliphatic heterocycles. The molecule has 228 valence electrons. The van der Waals surface area contributed by atoms with Gasteiger partial charge in [-0.25, -0.2) is 0 Å². The fraction of sp³-hybridized carbons (Fsp3) is 0.688. The second-order valence-corrected chi connectivity index (χ2v) is 13.5. The number of allylic oxidation sites excluding steroid dienone is 1. The number of rotatable bonds is 5.